The van der Waals surface area contributed by atoms with Crippen LogP contribution in [0.5, 0.6) is 0 Å². The van der Waals surface area contributed by atoms with E-state index in [1.807, 2.05) is 6.92 Å². The first-order valence-corrected chi connectivity index (χ1v) is 6.74. The minimum absolute atomic E-state index is 0.00163. The van der Waals surface area contributed by atoms with E-state index in [4.69, 9.17) is 5.11 Å². The molecular weight excluding hydrogens is 230 g/mol. The Bertz CT molecular complexity index is 408. The fourth-order valence-corrected chi connectivity index (χ4v) is 2.51. The first-order valence-electron chi connectivity index (χ1n) is 6.74. The molecule has 5 heteroatoms. The van der Waals surface area contributed by atoms with Gasteiger partial charge in [0.15, 0.2) is 5.69 Å². The third-order valence-corrected chi connectivity index (χ3v) is 3.41. The van der Waals surface area contributed by atoms with Crippen LogP contribution in [-0.4, -0.2) is 45.8 Å². The lowest BCUT2D eigenvalue weighted by Crippen LogP contribution is -2.35. The Hall–Kier alpha value is -1.36. The quantitative estimate of drug-likeness (QED) is 0.824. The first-order chi connectivity index (χ1) is 8.77. The van der Waals surface area contributed by atoms with E-state index in [9.17, 15) is 4.79 Å². The number of nitrogens with one attached hydrogen (secondary N) is 1. The van der Waals surface area contributed by atoms with Gasteiger partial charge in [0.1, 0.15) is 0 Å². The summed E-state index contributed by atoms with van der Waals surface area (Å²) >= 11 is 0. The number of carbonyl (C=O) groups is 1. The van der Waals surface area contributed by atoms with Crippen LogP contribution >= 0.6 is 0 Å². The van der Waals surface area contributed by atoms with Crippen LogP contribution in [0.1, 0.15) is 47.9 Å². The molecule has 100 valence electrons. The molecule has 0 saturated carbocycles. The molecule has 0 bridgehead atoms. The van der Waals surface area contributed by atoms with Crippen molar-refractivity contribution >= 4 is 5.91 Å². The van der Waals surface area contributed by atoms with Gasteiger partial charge in [0.05, 0.1) is 6.61 Å². The fourth-order valence-electron chi connectivity index (χ4n) is 2.51. The molecule has 0 fully saturated rings. The molecule has 1 aromatic heterocycles. The molecule has 2 N–H and O–H groups in total. The van der Waals surface area contributed by atoms with Crippen LogP contribution in [0.3, 0.4) is 0 Å². The lowest BCUT2D eigenvalue weighted by molar-refractivity contribution is 0.0715. The predicted octanol–water partition coefficient (Wildman–Crippen LogP) is 1.13. The van der Waals surface area contributed by atoms with Crippen LogP contribution in [0.15, 0.2) is 0 Å². The Morgan fingerprint density at radius 1 is 1.39 bits per heavy atom. The zero-order chi connectivity index (χ0) is 13.0. The SMILES string of the molecule is CCCN(CCO)C(=O)c1n[nH]c2c1CCCC2. The zero-order valence-corrected chi connectivity index (χ0v) is 10.9. The van der Waals surface area contributed by atoms with Gasteiger partial charge in [0.25, 0.3) is 5.91 Å². The van der Waals surface area contributed by atoms with E-state index in [1.54, 1.807) is 4.90 Å². The highest BCUT2D eigenvalue weighted by atomic mass is 16.3. The smallest absolute Gasteiger partial charge is 0.274 e. The highest BCUT2D eigenvalue weighted by molar-refractivity contribution is 5.94. The number of aromatic amines is 1. The average molecular weight is 251 g/mol. The van der Waals surface area contributed by atoms with Gasteiger partial charge in [-0.25, -0.2) is 0 Å². The molecule has 1 amide bonds. The summed E-state index contributed by atoms with van der Waals surface area (Å²) in [6.07, 6.45) is 5.10. The number of nitrogens with zero attached hydrogens (tertiary/aromatic N) is 2. The highest BCUT2D eigenvalue weighted by Crippen LogP contribution is 2.23. The van der Waals surface area contributed by atoms with Gasteiger partial charge in [0.2, 0.25) is 0 Å². The van der Waals surface area contributed by atoms with Crippen LogP contribution in [0.25, 0.3) is 0 Å². The van der Waals surface area contributed by atoms with Gasteiger partial charge in [-0.2, -0.15) is 5.10 Å². The zero-order valence-electron chi connectivity index (χ0n) is 10.9. The van der Waals surface area contributed by atoms with E-state index in [0.717, 1.165) is 43.4 Å². The largest absolute Gasteiger partial charge is 0.395 e. The van der Waals surface area contributed by atoms with Crippen molar-refractivity contribution in [2.75, 3.05) is 19.7 Å². The van der Waals surface area contributed by atoms with Gasteiger partial charge in [-0.3, -0.25) is 9.89 Å². The van der Waals surface area contributed by atoms with Crippen molar-refractivity contribution < 1.29 is 9.90 Å². The molecular formula is C13H21N3O2. The van der Waals surface area contributed by atoms with Gasteiger partial charge < -0.3 is 10.0 Å². The average Bonchev–Trinajstić information content (AvgIpc) is 2.81. The molecule has 0 saturated heterocycles. The Morgan fingerprint density at radius 3 is 2.89 bits per heavy atom. The minimum atomic E-state index is -0.0506. The van der Waals surface area contributed by atoms with Crippen LogP contribution in [-0.2, 0) is 12.8 Å². The number of amides is 1. The van der Waals surface area contributed by atoms with Crippen molar-refractivity contribution in [3.05, 3.63) is 17.0 Å². The summed E-state index contributed by atoms with van der Waals surface area (Å²) in [6.45, 7) is 3.07. The molecule has 5 nitrogen and oxygen atoms in total. The third-order valence-electron chi connectivity index (χ3n) is 3.41. The normalized spacial score (nSPS) is 14.3. The lowest BCUT2D eigenvalue weighted by Gasteiger charge is -2.21. The van der Waals surface area contributed by atoms with Crippen molar-refractivity contribution in [1.29, 1.82) is 0 Å². The maximum atomic E-state index is 12.4. The standard InChI is InChI=1S/C13H21N3O2/c1-2-7-16(8-9-17)13(18)12-10-5-3-4-6-11(10)14-15-12/h17H,2-9H2,1H3,(H,14,15). The predicted molar refractivity (Wildman–Crippen MR) is 68.5 cm³/mol. The molecule has 1 aromatic rings. The van der Waals surface area contributed by atoms with Crippen LogP contribution in [0.2, 0.25) is 0 Å². The van der Waals surface area contributed by atoms with E-state index in [-0.39, 0.29) is 12.5 Å². The van der Waals surface area contributed by atoms with Crippen molar-refractivity contribution in [2.45, 2.75) is 39.0 Å². The van der Waals surface area contributed by atoms with E-state index in [1.165, 1.54) is 0 Å². The topological polar surface area (TPSA) is 69.2 Å². The molecule has 2 rings (SSSR count). The summed E-state index contributed by atoms with van der Waals surface area (Å²) in [7, 11) is 0. The fraction of sp³-hybridized carbons (Fsp3) is 0.692. The number of rotatable bonds is 5. The van der Waals surface area contributed by atoms with Crippen molar-refractivity contribution in [1.82, 2.24) is 15.1 Å². The van der Waals surface area contributed by atoms with Crippen LogP contribution in [0.4, 0.5) is 0 Å². The minimum Gasteiger partial charge on any atom is -0.395 e. The number of aromatic nitrogens is 2. The molecule has 0 aliphatic heterocycles. The van der Waals surface area contributed by atoms with Gasteiger partial charge in [-0.15, -0.1) is 0 Å². The van der Waals surface area contributed by atoms with E-state index >= 15 is 0 Å². The molecule has 0 radical (unpaired) electrons. The van der Waals surface area contributed by atoms with Crippen LogP contribution in [0, 0.1) is 0 Å². The second kappa shape index (κ2) is 6.00. The van der Waals surface area contributed by atoms with Gasteiger partial charge in [-0.1, -0.05) is 6.92 Å². The van der Waals surface area contributed by atoms with Crippen LogP contribution < -0.4 is 0 Å². The molecule has 0 unspecified atom stereocenters. The summed E-state index contributed by atoms with van der Waals surface area (Å²) < 4.78 is 0. The second-order valence-corrected chi connectivity index (χ2v) is 4.75. The molecule has 18 heavy (non-hydrogen) atoms. The third kappa shape index (κ3) is 2.56. The number of carbonyl (C=O) groups excluding carboxylic acids is 1. The first kappa shape index (κ1) is 13.1. The van der Waals surface area contributed by atoms with Crippen molar-refractivity contribution in [2.24, 2.45) is 0 Å². The second-order valence-electron chi connectivity index (χ2n) is 4.75. The van der Waals surface area contributed by atoms with Gasteiger partial charge in [-0.05, 0) is 32.1 Å². The maximum absolute atomic E-state index is 12.4. The number of hydrogen-bond acceptors (Lipinski definition) is 3. The summed E-state index contributed by atoms with van der Waals surface area (Å²) in [6, 6.07) is 0. The van der Waals surface area contributed by atoms with Gasteiger partial charge >= 0.3 is 0 Å². The van der Waals surface area contributed by atoms with E-state index in [0.29, 0.717) is 18.8 Å². The monoisotopic (exact) mass is 251 g/mol. The summed E-state index contributed by atoms with van der Waals surface area (Å²) in [5, 5.41) is 16.2. The Kier molecular flexibility index (Phi) is 4.36. The molecule has 0 spiro atoms. The lowest BCUT2D eigenvalue weighted by atomic mass is 9.95. The number of H-pyrrole nitrogens is 1. The molecule has 1 aliphatic rings. The Balaban J connectivity index is 2.18. The van der Waals surface area contributed by atoms with E-state index < -0.39 is 0 Å². The molecule has 1 aliphatic carbocycles. The number of aliphatic hydroxyl groups is 1. The Labute approximate surface area is 107 Å². The van der Waals surface area contributed by atoms with Crippen molar-refractivity contribution in [3.8, 4) is 0 Å². The molecule has 0 aromatic carbocycles. The summed E-state index contributed by atoms with van der Waals surface area (Å²) in [5.74, 6) is -0.0506. The summed E-state index contributed by atoms with van der Waals surface area (Å²) in [5.41, 5.74) is 2.77. The number of hydrogen-bond donors (Lipinski definition) is 2. The molecule has 1 heterocycles. The Morgan fingerprint density at radius 2 is 2.17 bits per heavy atom. The van der Waals surface area contributed by atoms with E-state index in [2.05, 4.69) is 10.2 Å². The maximum Gasteiger partial charge on any atom is 0.274 e. The van der Waals surface area contributed by atoms with Gasteiger partial charge in [0, 0.05) is 24.3 Å². The van der Waals surface area contributed by atoms with Crippen molar-refractivity contribution in [3.63, 3.8) is 0 Å². The summed E-state index contributed by atoms with van der Waals surface area (Å²) in [4.78, 5) is 14.1. The number of aliphatic hydroxyl groups excluding tert-OH is 1. The number of fused-ring (bicyclic) bond motifs is 1. The highest BCUT2D eigenvalue weighted by Gasteiger charge is 2.24. The number of aryl methyl sites for hydroxylation is 1. The molecule has 0 atom stereocenters.